The molecule has 2 aliphatic rings. The highest BCUT2D eigenvalue weighted by Gasteiger charge is 2.43. The molecule has 34 heavy (non-hydrogen) atoms. The molecule has 4 atom stereocenters. The Labute approximate surface area is 203 Å². The minimum Gasteiger partial charge on any atom is -0.367 e. The van der Waals surface area contributed by atoms with Crippen LogP contribution in [0.1, 0.15) is 52.9 Å². The van der Waals surface area contributed by atoms with Crippen molar-refractivity contribution in [1.82, 2.24) is 25.4 Å². The number of hydrogen-bond acceptors (Lipinski definition) is 7. The Bertz CT molecular complexity index is 851. The van der Waals surface area contributed by atoms with Gasteiger partial charge in [0.25, 0.3) is 11.8 Å². The number of methoxy groups -OCH3 is 2. The zero-order valence-electron chi connectivity index (χ0n) is 21.9. The maximum absolute atomic E-state index is 13.5. The molecule has 0 saturated heterocycles. The van der Waals surface area contributed by atoms with Crippen molar-refractivity contribution in [2.24, 2.45) is 0 Å². The molecule has 9 heteroatoms. The quantitative estimate of drug-likeness (QED) is 0.666. The van der Waals surface area contributed by atoms with E-state index in [1.165, 1.54) is 0 Å². The van der Waals surface area contributed by atoms with E-state index >= 15 is 0 Å². The fourth-order valence-electron chi connectivity index (χ4n) is 4.89. The number of aromatic nitrogens is 1. The fourth-order valence-corrected chi connectivity index (χ4v) is 4.89. The van der Waals surface area contributed by atoms with Crippen molar-refractivity contribution in [1.29, 1.82) is 0 Å². The lowest BCUT2D eigenvalue weighted by atomic mass is 9.95. The number of nitrogens with zero attached hydrogens (tertiary/aromatic N) is 3. The molecule has 9 nitrogen and oxygen atoms in total. The van der Waals surface area contributed by atoms with Gasteiger partial charge in [-0.05, 0) is 53.7 Å². The van der Waals surface area contributed by atoms with E-state index in [1.807, 2.05) is 59.7 Å². The highest BCUT2D eigenvalue weighted by atomic mass is 16.5. The molecule has 4 bridgehead atoms. The van der Waals surface area contributed by atoms with Crippen molar-refractivity contribution in [2.45, 2.75) is 76.9 Å². The maximum atomic E-state index is 13.5. The van der Waals surface area contributed by atoms with Crippen LogP contribution in [0.5, 0.6) is 0 Å². The zero-order valence-corrected chi connectivity index (χ0v) is 21.9. The van der Waals surface area contributed by atoms with Gasteiger partial charge in [-0.1, -0.05) is 6.07 Å². The summed E-state index contributed by atoms with van der Waals surface area (Å²) >= 11 is 0. The molecule has 0 aromatic carbocycles. The monoisotopic (exact) mass is 475 g/mol. The van der Waals surface area contributed by atoms with Crippen LogP contribution in [0.25, 0.3) is 0 Å². The van der Waals surface area contributed by atoms with Crippen molar-refractivity contribution >= 4 is 11.8 Å². The van der Waals surface area contributed by atoms with Crippen LogP contribution >= 0.6 is 0 Å². The number of amides is 2. The number of rotatable bonds is 2. The van der Waals surface area contributed by atoms with Gasteiger partial charge in [0.05, 0.1) is 11.4 Å². The summed E-state index contributed by atoms with van der Waals surface area (Å²) in [5, 5.41) is 6.39. The number of carbonyl (C=O) groups is 2. The summed E-state index contributed by atoms with van der Waals surface area (Å²) in [6, 6.07) is 6.01. The molecule has 2 unspecified atom stereocenters. The average molecular weight is 476 g/mol. The van der Waals surface area contributed by atoms with Gasteiger partial charge in [-0.3, -0.25) is 24.4 Å². The molecule has 3 heterocycles. The van der Waals surface area contributed by atoms with E-state index in [2.05, 4.69) is 20.4 Å². The molecule has 190 valence electrons. The van der Waals surface area contributed by atoms with Gasteiger partial charge in [-0.15, -0.1) is 0 Å². The van der Waals surface area contributed by atoms with Gasteiger partial charge in [-0.25, -0.2) is 0 Å². The van der Waals surface area contributed by atoms with E-state index in [0.717, 1.165) is 11.4 Å². The van der Waals surface area contributed by atoms with E-state index in [-0.39, 0.29) is 11.8 Å². The third-order valence-electron chi connectivity index (χ3n) is 6.69. The Morgan fingerprint density at radius 3 is 1.47 bits per heavy atom. The molecule has 0 radical (unpaired) electrons. The predicted octanol–water partition coefficient (Wildman–Crippen LogP) is 1.31. The third-order valence-corrected chi connectivity index (χ3v) is 6.69. The van der Waals surface area contributed by atoms with Crippen molar-refractivity contribution < 1.29 is 19.1 Å². The SMILES string of the molecule is CO[C@]1(C)CN2Cc3cccc(n3)CN(CC(C)(C)NC1=O)C[C@@](C)(OC)C(=O)NC(C)(C)C2. The Balaban J connectivity index is 2.20. The zero-order chi connectivity index (χ0) is 25.4. The summed E-state index contributed by atoms with van der Waals surface area (Å²) in [7, 11) is 3.13. The van der Waals surface area contributed by atoms with Crippen molar-refractivity contribution in [3.05, 3.63) is 29.6 Å². The van der Waals surface area contributed by atoms with E-state index in [4.69, 9.17) is 14.5 Å². The number of ether oxygens (including phenoxy) is 2. The molecule has 2 amide bonds. The van der Waals surface area contributed by atoms with Crippen LogP contribution in [-0.2, 0) is 32.2 Å². The van der Waals surface area contributed by atoms with E-state index in [1.54, 1.807) is 14.2 Å². The first kappa shape index (κ1) is 26.5. The molecule has 1 aromatic rings. The molecule has 0 saturated carbocycles. The van der Waals surface area contributed by atoms with Gasteiger partial charge >= 0.3 is 0 Å². The number of hydrogen-bond donors (Lipinski definition) is 2. The van der Waals surface area contributed by atoms with Crippen molar-refractivity contribution in [3.63, 3.8) is 0 Å². The first-order chi connectivity index (χ1) is 15.7. The molecular formula is C25H41N5O4. The van der Waals surface area contributed by atoms with Crippen LogP contribution in [0.4, 0.5) is 0 Å². The number of fused-ring (bicyclic) bond motifs is 2. The largest absolute Gasteiger partial charge is 0.367 e. The van der Waals surface area contributed by atoms with Crippen LogP contribution in [0, 0.1) is 0 Å². The highest BCUT2D eigenvalue weighted by molar-refractivity contribution is 5.86. The van der Waals surface area contributed by atoms with Crippen LogP contribution in [0.3, 0.4) is 0 Å². The lowest BCUT2D eigenvalue weighted by Crippen LogP contribution is -2.65. The smallest absolute Gasteiger partial charge is 0.253 e. The highest BCUT2D eigenvalue weighted by Crippen LogP contribution is 2.24. The van der Waals surface area contributed by atoms with E-state index in [0.29, 0.717) is 39.3 Å². The van der Waals surface area contributed by atoms with Gasteiger partial charge in [-0.2, -0.15) is 0 Å². The van der Waals surface area contributed by atoms with Gasteiger partial charge < -0.3 is 20.1 Å². The lowest BCUT2D eigenvalue weighted by Gasteiger charge is -2.43. The van der Waals surface area contributed by atoms with E-state index < -0.39 is 22.3 Å². The average Bonchev–Trinajstić information content (AvgIpc) is 2.71. The maximum Gasteiger partial charge on any atom is 0.253 e. The molecule has 1 aromatic heterocycles. The fraction of sp³-hybridized carbons (Fsp3) is 0.720. The Morgan fingerprint density at radius 2 is 1.12 bits per heavy atom. The summed E-state index contributed by atoms with van der Waals surface area (Å²) < 4.78 is 11.6. The van der Waals surface area contributed by atoms with Gasteiger partial charge in [0.2, 0.25) is 0 Å². The summed E-state index contributed by atoms with van der Waals surface area (Å²) in [5.41, 5.74) is -1.54. The Morgan fingerprint density at radius 1 is 0.735 bits per heavy atom. The first-order valence-corrected chi connectivity index (χ1v) is 11.8. The van der Waals surface area contributed by atoms with Crippen LogP contribution < -0.4 is 10.6 Å². The van der Waals surface area contributed by atoms with Crippen molar-refractivity contribution in [2.75, 3.05) is 40.4 Å². The predicted molar refractivity (Wildman–Crippen MR) is 130 cm³/mol. The molecule has 0 aliphatic carbocycles. The van der Waals surface area contributed by atoms with E-state index in [9.17, 15) is 9.59 Å². The molecular weight excluding hydrogens is 434 g/mol. The standard InChI is InChI=1S/C25H41N5O4/c1-22(2)14-29-12-18-10-9-11-19(26-18)13-30(17-24(5,33-7)20(31)27-22)15-23(3,4)28-21(32)25(6,16-29)34-8/h9-11H,12-17H2,1-8H3,(H,27,31)(H,28,32)/t24-,25-/m1/s1. The first-order valence-electron chi connectivity index (χ1n) is 11.8. The van der Waals surface area contributed by atoms with Crippen LogP contribution in [0.2, 0.25) is 0 Å². The molecule has 2 N–H and O–H groups in total. The summed E-state index contributed by atoms with van der Waals surface area (Å²) in [5.74, 6) is -0.338. The Kier molecular flexibility index (Phi) is 7.43. The number of carbonyl (C=O) groups excluding carboxylic acids is 2. The second-order valence-corrected chi connectivity index (χ2v) is 11.5. The molecule has 2 aliphatic heterocycles. The van der Waals surface area contributed by atoms with Crippen molar-refractivity contribution in [3.8, 4) is 0 Å². The minimum absolute atomic E-state index is 0.169. The van der Waals surface area contributed by atoms with Gasteiger partial charge in [0.1, 0.15) is 0 Å². The summed E-state index contributed by atoms with van der Waals surface area (Å²) in [6.45, 7) is 14.2. The normalized spacial score (nSPS) is 34.1. The number of pyridine rings is 1. The molecule has 3 rings (SSSR count). The summed E-state index contributed by atoms with van der Waals surface area (Å²) in [4.78, 5) is 36.2. The topological polar surface area (TPSA) is 96.0 Å². The van der Waals surface area contributed by atoms with Crippen LogP contribution in [0.15, 0.2) is 18.2 Å². The van der Waals surface area contributed by atoms with Gasteiger partial charge in [0.15, 0.2) is 11.2 Å². The molecule has 0 fully saturated rings. The Hall–Kier alpha value is -2.07. The van der Waals surface area contributed by atoms with Crippen LogP contribution in [-0.4, -0.2) is 89.3 Å². The third kappa shape index (κ3) is 6.13. The second-order valence-electron chi connectivity index (χ2n) is 11.5. The molecule has 0 spiro atoms. The van der Waals surface area contributed by atoms with Gasteiger partial charge in [0, 0.05) is 64.6 Å². The number of nitrogens with one attached hydrogen (secondary N) is 2. The summed E-state index contributed by atoms with van der Waals surface area (Å²) in [6.07, 6.45) is 0. The lowest BCUT2D eigenvalue weighted by molar-refractivity contribution is -0.150. The minimum atomic E-state index is -1.08. The second kappa shape index (κ2) is 9.53.